The molecule has 0 aromatic heterocycles. The Labute approximate surface area is 43.9 Å². The third-order valence-electron chi connectivity index (χ3n) is 0. The van der Waals surface area contributed by atoms with Crippen molar-refractivity contribution in [3.63, 3.8) is 0 Å². The minimum absolute atomic E-state index is 0. The Morgan fingerprint density at radius 2 is 1.80 bits per heavy atom. The van der Waals surface area contributed by atoms with E-state index in [1.807, 2.05) is 0 Å². The van der Waals surface area contributed by atoms with Crippen LogP contribution in [0.2, 0.25) is 0 Å². The summed E-state index contributed by atoms with van der Waals surface area (Å²) in [5, 5.41) is 7.86. The summed E-state index contributed by atoms with van der Waals surface area (Å²) in [5.41, 5.74) is 0. The molecule has 0 amide bonds. The van der Waals surface area contributed by atoms with Crippen molar-refractivity contribution in [3.8, 4) is 0 Å². The van der Waals surface area contributed by atoms with E-state index >= 15 is 0 Å². The van der Waals surface area contributed by atoms with Gasteiger partial charge in [0.15, 0.2) is 0 Å². The zero-order valence-electron chi connectivity index (χ0n) is 2.65. The zero-order valence-corrected chi connectivity index (χ0v) is 2.65. The summed E-state index contributed by atoms with van der Waals surface area (Å²) in [6.45, 7) is 4.64. The molecule has 0 aliphatic carbocycles. The molecule has 0 spiro atoms. The van der Waals surface area contributed by atoms with Crippen molar-refractivity contribution in [1.82, 2.24) is 0 Å². The van der Waals surface area contributed by atoms with Gasteiger partial charge in [-0.15, -0.1) is 0 Å². The van der Waals surface area contributed by atoms with Gasteiger partial charge in [-0.3, -0.25) is 0 Å². The van der Waals surface area contributed by atoms with Gasteiger partial charge in [0, 0.05) is 0 Å². The maximum absolute atomic E-state index is 7.86. The van der Waals surface area contributed by atoms with Gasteiger partial charge >= 0.3 is 18.9 Å². The second-order valence-electron chi connectivity index (χ2n) is 0.735. The standard InChI is InChI=1S/C3H6O.Li.H/c1-3(2)4;;/h4H,1H2,2H3;;. The summed E-state index contributed by atoms with van der Waals surface area (Å²) < 4.78 is 0. The molecule has 1 N–H and O–H groups in total. The van der Waals surface area contributed by atoms with Crippen LogP contribution in [-0.4, -0.2) is 24.0 Å². The summed E-state index contributed by atoms with van der Waals surface area (Å²) in [7, 11) is 0. The normalized spacial score (nSPS) is 5.00. The Balaban J connectivity index is 0. The molecule has 0 aliphatic heterocycles. The van der Waals surface area contributed by atoms with Crippen LogP contribution in [0, 0.1) is 0 Å². The molecule has 0 unspecified atom stereocenters. The molecule has 0 aliphatic rings. The molecule has 0 heterocycles. The van der Waals surface area contributed by atoms with Crippen LogP contribution in [0.25, 0.3) is 0 Å². The molecule has 0 aromatic carbocycles. The fraction of sp³-hybridized carbons (Fsp3) is 0.333. The first-order valence-corrected chi connectivity index (χ1v) is 1.08. The second-order valence-corrected chi connectivity index (χ2v) is 0.735. The topological polar surface area (TPSA) is 20.2 Å². The molecule has 1 nitrogen and oxygen atoms in total. The van der Waals surface area contributed by atoms with Crippen LogP contribution in [0.5, 0.6) is 0 Å². The van der Waals surface area contributed by atoms with E-state index < -0.39 is 0 Å². The number of rotatable bonds is 0. The van der Waals surface area contributed by atoms with E-state index in [0.717, 1.165) is 0 Å². The van der Waals surface area contributed by atoms with Crippen LogP contribution in [0.15, 0.2) is 12.3 Å². The van der Waals surface area contributed by atoms with Gasteiger partial charge < -0.3 is 5.11 Å². The maximum atomic E-state index is 7.86. The van der Waals surface area contributed by atoms with Gasteiger partial charge in [-0.25, -0.2) is 0 Å². The second kappa shape index (κ2) is 4.14. The molecular weight excluding hydrogens is 59.0 g/mol. The molecule has 5 heavy (non-hydrogen) atoms. The molecule has 0 bridgehead atoms. The average Bonchev–Trinajstić information content (AvgIpc) is 0.811. The Kier molecular flexibility index (Phi) is 7.39. The van der Waals surface area contributed by atoms with Crippen molar-refractivity contribution in [1.29, 1.82) is 0 Å². The number of hydrogen-bond donors (Lipinski definition) is 1. The average molecular weight is 66.0 g/mol. The summed E-state index contributed by atoms with van der Waals surface area (Å²) in [4.78, 5) is 0. The molecule has 0 saturated heterocycles. The predicted octanol–water partition coefficient (Wildman–Crippen LogP) is 0.429. The van der Waals surface area contributed by atoms with Crippen molar-refractivity contribution in [3.05, 3.63) is 12.3 Å². The number of aliphatic hydroxyl groups is 1. The van der Waals surface area contributed by atoms with Gasteiger partial charge in [-0.2, -0.15) is 0 Å². The Morgan fingerprint density at radius 3 is 1.80 bits per heavy atom. The van der Waals surface area contributed by atoms with Gasteiger partial charge in [0.2, 0.25) is 0 Å². The van der Waals surface area contributed by atoms with Gasteiger partial charge in [0.05, 0.1) is 5.76 Å². The van der Waals surface area contributed by atoms with Gasteiger partial charge in [-0.1, -0.05) is 6.58 Å². The number of allylic oxidation sites excluding steroid dienone is 1. The van der Waals surface area contributed by atoms with E-state index in [-0.39, 0.29) is 24.6 Å². The van der Waals surface area contributed by atoms with Gasteiger partial charge in [0.25, 0.3) is 0 Å². The molecule has 0 fully saturated rings. The fourth-order valence-electron chi connectivity index (χ4n) is 0. The molecule has 0 rings (SSSR count). The van der Waals surface area contributed by atoms with E-state index in [4.69, 9.17) is 5.11 Å². The number of hydrogen-bond acceptors (Lipinski definition) is 1. The Morgan fingerprint density at radius 1 is 1.80 bits per heavy atom. The summed E-state index contributed by atoms with van der Waals surface area (Å²) in [5.74, 6) is 0.167. The SMILES string of the molecule is C=C(C)O.[LiH]. The van der Waals surface area contributed by atoms with E-state index in [2.05, 4.69) is 6.58 Å². The quantitative estimate of drug-likeness (QED) is 0.321. The van der Waals surface area contributed by atoms with E-state index in [1.165, 1.54) is 6.92 Å². The zero-order chi connectivity index (χ0) is 3.58. The third-order valence-corrected chi connectivity index (χ3v) is 0. The van der Waals surface area contributed by atoms with Crippen molar-refractivity contribution in [2.75, 3.05) is 0 Å². The summed E-state index contributed by atoms with van der Waals surface area (Å²) in [6, 6.07) is 0. The van der Waals surface area contributed by atoms with E-state index in [1.54, 1.807) is 0 Å². The third kappa shape index (κ3) is 1000. The van der Waals surface area contributed by atoms with Gasteiger partial charge in [-0.05, 0) is 6.92 Å². The van der Waals surface area contributed by atoms with Crippen molar-refractivity contribution in [2.45, 2.75) is 6.92 Å². The van der Waals surface area contributed by atoms with Crippen molar-refractivity contribution < 1.29 is 5.11 Å². The van der Waals surface area contributed by atoms with Crippen LogP contribution >= 0.6 is 0 Å². The molecular formula is C3H7LiO. The minimum atomic E-state index is 0. The molecule has 0 radical (unpaired) electrons. The van der Waals surface area contributed by atoms with Crippen molar-refractivity contribution >= 4 is 18.9 Å². The molecule has 0 saturated carbocycles. The Hall–Kier alpha value is 0.137. The van der Waals surface area contributed by atoms with E-state index in [9.17, 15) is 0 Å². The fourth-order valence-corrected chi connectivity index (χ4v) is 0. The summed E-state index contributed by atoms with van der Waals surface area (Å²) >= 11 is 0. The predicted molar refractivity (Wildman–Crippen MR) is 24.6 cm³/mol. The van der Waals surface area contributed by atoms with Crippen LogP contribution in [0.4, 0.5) is 0 Å². The molecule has 0 aromatic rings. The van der Waals surface area contributed by atoms with Gasteiger partial charge in [0.1, 0.15) is 0 Å². The monoisotopic (exact) mass is 66.1 g/mol. The number of aliphatic hydroxyl groups excluding tert-OH is 1. The molecule has 26 valence electrons. The first kappa shape index (κ1) is 8.93. The van der Waals surface area contributed by atoms with Crippen LogP contribution in [-0.2, 0) is 0 Å². The first-order valence-electron chi connectivity index (χ1n) is 1.08. The Bertz CT molecular complexity index is 29.9. The van der Waals surface area contributed by atoms with Crippen LogP contribution in [0.1, 0.15) is 6.92 Å². The van der Waals surface area contributed by atoms with E-state index in [0.29, 0.717) is 0 Å². The van der Waals surface area contributed by atoms with Crippen molar-refractivity contribution in [2.24, 2.45) is 0 Å². The van der Waals surface area contributed by atoms with Crippen LogP contribution < -0.4 is 0 Å². The summed E-state index contributed by atoms with van der Waals surface area (Å²) in [6.07, 6.45) is 0. The molecule has 0 atom stereocenters. The first-order chi connectivity index (χ1) is 1.73. The van der Waals surface area contributed by atoms with Crippen LogP contribution in [0.3, 0.4) is 0 Å². The molecule has 2 heteroatoms.